The van der Waals surface area contributed by atoms with Gasteiger partial charge in [-0.15, -0.1) is 0 Å². The molecule has 0 amide bonds. The first-order valence-corrected chi connectivity index (χ1v) is 18.0. The van der Waals surface area contributed by atoms with E-state index in [9.17, 15) is 4.79 Å². The number of carbonyl (C=O) groups is 1. The predicted molar refractivity (Wildman–Crippen MR) is 144 cm³/mol. The molecule has 0 spiro atoms. The quantitative estimate of drug-likeness (QED) is 0.268. The predicted octanol–water partition coefficient (Wildman–Crippen LogP) is 5.69. The number of imidazole rings is 1. The molecule has 1 aromatic rings. The normalized spacial score (nSPS) is 22.2. The monoisotopic (exact) mass is 526 g/mol. The van der Waals surface area contributed by atoms with Crippen LogP contribution in [0.5, 0.6) is 0 Å². The lowest BCUT2D eigenvalue weighted by Gasteiger charge is -2.46. The molecule has 0 aliphatic heterocycles. The molecule has 0 unspecified atom stereocenters. The van der Waals surface area contributed by atoms with Crippen LogP contribution in [0.15, 0.2) is 30.4 Å². The molecule has 7 nitrogen and oxygen atoms in total. The van der Waals surface area contributed by atoms with Crippen molar-refractivity contribution in [2.24, 2.45) is 0 Å². The van der Waals surface area contributed by atoms with Crippen LogP contribution < -0.4 is 0 Å². The average Bonchev–Trinajstić information content (AvgIpc) is 3.22. The molecule has 0 bridgehead atoms. The maximum absolute atomic E-state index is 12.6. The molecule has 192 valence electrons. The van der Waals surface area contributed by atoms with Crippen molar-refractivity contribution in [1.29, 1.82) is 0 Å². The van der Waals surface area contributed by atoms with Gasteiger partial charge in [0, 0.05) is 24.4 Å². The molecule has 1 aromatic heterocycles. The summed E-state index contributed by atoms with van der Waals surface area (Å²) in [6.45, 7) is 21.9. The molecule has 0 saturated heterocycles. The zero-order valence-electron chi connectivity index (χ0n) is 22.6. The van der Waals surface area contributed by atoms with E-state index >= 15 is 0 Å². The molecule has 34 heavy (non-hydrogen) atoms. The van der Waals surface area contributed by atoms with Gasteiger partial charge in [0.05, 0.1) is 13.2 Å². The molecule has 0 aromatic carbocycles. The second kappa shape index (κ2) is 10.3. The molecule has 0 saturated carbocycles. The first kappa shape index (κ1) is 28.9. The number of thiocarbonyl (C=S) groups is 1. The Hall–Kier alpha value is -1.34. The molecule has 10 heteroatoms. The maximum Gasteiger partial charge on any atom is 0.333 e. The molecule has 1 aliphatic carbocycles. The van der Waals surface area contributed by atoms with Crippen LogP contribution >= 0.6 is 12.2 Å². The Morgan fingerprint density at radius 1 is 1.06 bits per heavy atom. The molecule has 0 fully saturated rings. The lowest BCUT2D eigenvalue weighted by atomic mass is 9.92. The highest BCUT2D eigenvalue weighted by Crippen LogP contribution is 2.42. The Bertz CT molecular complexity index is 901. The fourth-order valence-corrected chi connectivity index (χ4v) is 5.94. The van der Waals surface area contributed by atoms with Crippen molar-refractivity contribution in [2.75, 3.05) is 7.11 Å². The van der Waals surface area contributed by atoms with E-state index in [0.717, 1.165) is 0 Å². The summed E-state index contributed by atoms with van der Waals surface area (Å²) in [4.78, 5) is 16.7. The van der Waals surface area contributed by atoms with Crippen molar-refractivity contribution in [3.8, 4) is 0 Å². The molecule has 1 heterocycles. The SMILES string of the molecule is COC(=O)C1=C[C@@H](O[Si](C)(C)C(C)(C)C)[C@@H](OC(=S)n2ccnc2)[C@@H](O[Si](C)(C)C(C)(C)C)C1. The standard InChI is InChI=1S/C24H42N2O5SSi2/c1-23(2,3)33(8,9)30-18-14-17(21(27)28-7)15-19(31-34(10,11)24(4,5)6)20(18)29-22(32)26-13-12-25-16-26/h12-14,16,18-20H,15H2,1-11H3/t18-,19+,20-/m1/s1. The highest BCUT2D eigenvalue weighted by atomic mass is 32.1. The topological polar surface area (TPSA) is 71.8 Å². The van der Waals surface area contributed by atoms with Crippen molar-refractivity contribution in [3.05, 3.63) is 30.4 Å². The van der Waals surface area contributed by atoms with Gasteiger partial charge in [-0.3, -0.25) is 4.57 Å². The minimum absolute atomic E-state index is 0.0230. The van der Waals surface area contributed by atoms with Crippen molar-refractivity contribution < 1.29 is 23.1 Å². The van der Waals surface area contributed by atoms with Gasteiger partial charge in [0.2, 0.25) is 0 Å². The Kier molecular flexibility index (Phi) is 8.79. The van der Waals surface area contributed by atoms with E-state index in [4.69, 9.17) is 30.5 Å². The van der Waals surface area contributed by atoms with E-state index in [1.54, 1.807) is 23.3 Å². The molecule has 0 radical (unpaired) electrons. The van der Waals surface area contributed by atoms with Crippen molar-refractivity contribution in [2.45, 2.75) is 103 Å². The van der Waals surface area contributed by atoms with E-state index in [-0.39, 0.29) is 21.2 Å². The zero-order chi connectivity index (χ0) is 26.1. The van der Waals surface area contributed by atoms with Gasteiger partial charge in [0.15, 0.2) is 22.7 Å². The third kappa shape index (κ3) is 6.66. The summed E-state index contributed by atoms with van der Waals surface area (Å²) in [6.07, 6.45) is 5.76. The Balaban J connectivity index is 2.54. The van der Waals surface area contributed by atoms with Crippen LogP contribution in [0.25, 0.3) is 0 Å². The maximum atomic E-state index is 12.6. The van der Waals surface area contributed by atoms with Gasteiger partial charge in [-0.25, -0.2) is 9.78 Å². The van der Waals surface area contributed by atoms with Gasteiger partial charge in [-0.2, -0.15) is 0 Å². The summed E-state index contributed by atoms with van der Waals surface area (Å²) >= 11 is 5.59. The zero-order valence-corrected chi connectivity index (χ0v) is 25.4. The fourth-order valence-electron chi connectivity index (χ4n) is 3.16. The fraction of sp³-hybridized carbons (Fsp3) is 0.708. The molecular formula is C24H42N2O5SSi2. The van der Waals surface area contributed by atoms with Crippen LogP contribution in [0.1, 0.15) is 48.0 Å². The van der Waals surface area contributed by atoms with Crippen LogP contribution in [0, 0.1) is 0 Å². The largest absolute Gasteiger partial charge is 0.466 e. The minimum atomic E-state index is -2.23. The van der Waals surface area contributed by atoms with Gasteiger partial charge < -0.3 is 18.3 Å². The highest BCUT2D eigenvalue weighted by molar-refractivity contribution is 7.80. The van der Waals surface area contributed by atoms with Gasteiger partial charge in [-0.05, 0) is 54.6 Å². The van der Waals surface area contributed by atoms with Gasteiger partial charge in [0.1, 0.15) is 12.4 Å². The smallest absolute Gasteiger partial charge is 0.333 e. The Morgan fingerprint density at radius 2 is 1.62 bits per heavy atom. The van der Waals surface area contributed by atoms with E-state index in [1.165, 1.54) is 7.11 Å². The van der Waals surface area contributed by atoms with Crippen LogP contribution in [-0.2, 0) is 23.1 Å². The van der Waals surface area contributed by atoms with Gasteiger partial charge >= 0.3 is 5.97 Å². The minimum Gasteiger partial charge on any atom is -0.466 e. The number of ether oxygens (including phenoxy) is 2. The summed E-state index contributed by atoms with van der Waals surface area (Å²) in [5, 5.41) is 0.213. The first-order valence-electron chi connectivity index (χ1n) is 11.7. The highest BCUT2D eigenvalue weighted by Gasteiger charge is 2.48. The van der Waals surface area contributed by atoms with Crippen LogP contribution in [0.2, 0.25) is 36.3 Å². The number of carbonyl (C=O) groups excluding carboxylic acids is 1. The molecule has 2 rings (SSSR count). The van der Waals surface area contributed by atoms with Gasteiger partial charge in [0.25, 0.3) is 5.17 Å². The number of rotatable bonds is 6. The van der Waals surface area contributed by atoms with E-state index in [2.05, 4.69) is 72.7 Å². The first-order chi connectivity index (χ1) is 15.4. The summed E-state index contributed by atoms with van der Waals surface area (Å²) in [6, 6.07) is 0. The van der Waals surface area contributed by atoms with E-state index in [1.807, 2.05) is 6.08 Å². The summed E-state index contributed by atoms with van der Waals surface area (Å²) in [5.74, 6) is -0.372. The average molecular weight is 527 g/mol. The Labute approximate surface area is 212 Å². The third-order valence-corrected chi connectivity index (χ3v) is 16.7. The lowest BCUT2D eigenvalue weighted by molar-refractivity contribution is -0.137. The number of hydrogen-bond acceptors (Lipinski definition) is 7. The second-order valence-electron chi connectivity index (χ2n) is 12.0. The number of hydrogen-bond donors (Lipinski definition) is 0. The number of nitrogens with zero attached hydrogens (tertiary/aromatic N) is 2. The van der Waals surface area contributed by atoms with E-state index in [0.29, 0.717) is 12.0 Å². The van der Waals surface area contributed by atoms with Crippen molar-refractivity contribution in [1.82, 2.24) is 9.55 Å². The third-order valence-electron chi connectivity index (χ3n) is 7.37. The summed E-state index contributed by atoms with van der Waals surface area (Å²) < 4.78 is 26.8. The van der Waals surface area contributed by atoms with Crippen LogP contribution in [0.4, 0.5) is 0 Å². The van der Waals surface area contributed by atoms with Crippen molar-refractivity contribution in [3.63, 3.8) is 0 Å². The lowest BCUT2D eigenvalue weighted by Crippen LogP contribution is -2.56. The van der Waals surface area contributed by atoms with Gasteiger partial charge in [-0.1, -0.05) is 41.5 Å². The molecular weight excluding hydrogens is 485 g/mol. The second-order valence-corrected chi connectivity index (χ2v) is 21.8. The summed E-state index contributed by atoms with van der Waals surface area (Å²) in [7, 11) is -3.05. The van der Waals surface area contributed by atoms with Crippen LogP contribution in [-0.4, -0.2) is 62.8 Å². The number of aromatic nitrogens is 2. The number of esters is 1. The summed E-state index contributed by atoms with van der Waals surface area (Å²) in [5.41, 5.74) is 0.545. The molecule has 3 atom stereocenters. The Morgan fingerprint density at radius 3 is 2.09 bits per heavy atom. The molecule has 0 N–H and O–H groups in total. The van der Waals surface area contributed by atoms with E-state index < -0.39 is 34.9 Å². The molecule has 1 aliphatic rings. The number of methoxy groups -OCH3 is 1. The van der Waals surface area contributed by atoms with Crippen LogP contribution in [0.3, 0.4) is 0 Å². The van der Waals surface area contributed by atoms with Crippen molar-refractivity contribution >= 4 is 40.0 Å².